The van der Waals surface area contributed by atoms with E-state index < -0.39 is 10.7 Å². The summed E-state index contributed by atoms with van der Waals surface area (Å²) in [7, 11) is 1.47. The molecule has 8 nitrogen and oxygen atoms in total. The minimum absolute atomic E-state index is 0.00634. The second-order valence-corrected chi connectivity index (χ2v) is 7.81. The zero-order valence-corrected chi connectivity index (χ0v) is 17.9. The monoisotopic (exact) mass is 426 g/mol. The summed E-state index contributed by atoms with van der Waals surface area (Å²) in [6, 6.07) is 6.90. The van der Waals surface area contributed by atoms with E-state index in [-0.39, 0.29) is 29.1 Å². The fraction of sp³-hybridized carbons (Fsp3) is 0.435. The first-order valence-electron chi connectivity index (χ1n) is 10.6. The molecule has 1 saturated heterocycles. The number of rotatable bonds is 8. The molecular weight excluding hydrogens is 400 g/mol. The lowest BCUT2D eigenvalue weighted by atomic mass is 10.0. The number of methoxy groups -OCH3 is 1. The molecule has 8 heteroatoms. The Kier molecular flexibility index (Phi) is 5.82. The molecule has 1 aliphatic carbocycles. The molecule has 0 saturated carbocycles. The summed E-state index contributed by atoms with van der Waals surface area (Å²) in [5.74, 6) is 0.478. The van der Waals surface area contributed by atoms with Gasteiger partial charge >= 0.3 is 5.69 Å². The van der Waals surface area contributed by atoms with E-state index in [1.165, 1.54) is 13.2 Å². The first kappa shape index (κ1) is 21.1. The lowest BCUT2D eigenvalue weighted by Gasteiger charge is -2.23. The van der Waals surface area contributed by atoms with Gasteiger partial charge in [0.25, 0.3) is 0 Å². The van der Waals surface area contributed by atoms with Gasteiger partial charge in [0.1, 0.15) is 23.2 Å². The SMILES string of the molecule is CCCOc1cc(OC)c2c(c1[N+](=O)[O-])C(=O)c1cccc(OC(C)C3CCCN3)c1-2. The van der Waals surface area contributed by atoms with Crippen molar-refractivity contribution in [1.82, 2.24) is 5.32 Å². The molecule has 0 spiro atoms. The van der Waals surface area contributed by atoms with Crippen molar-refractivity contribution in [1.29, 1.82) is 0 Å². The average molecular weight is 426 g/mol. The second-order valence-electron chi connectivity index (χ2n) is 7.81. The van der Waals surface area contributed by atoms with Gasteiger partial charge in [0.05, 0.1) is 18.6 Å². The number of nitro groups is 1. The van der Waals surface area contributed by atoms with Crippen LogP contribution in [-0.2, 0) is 0 Å². The molecule has 0 aromatic heterocycles. The Hall–Kier alpha value is -3.13. The molecule has 2 aromatic carbocycles. The number of ketones is 1. The van der Waals surface area contributed by atoms with Crippen LogP contribution in [0.4, 0.5) is 5.69 Å². The summed E-state index contributed by atoms with van der Waals surface area (Å²) in [5.41, 5.74) is 0.956. The fourth-order valence-electron chi connectivity index (χ4n) is 4.36. The molecule has 2 aromatic rings. The van der Waals surface area contributed by atoms with Crippen molar-refractivity contribution in [3.8, 4) is 28.4 Å². The molecule has 31 heavy (non-hydrogen) atoms. The smallest absolute Gasteiger partial charge is 0.322 e. The molecule has 2 unspecified atom stereocenters. The number of fused-ring (bicyclic) bond motifs is 3. The lowest BCUT2D eigenvalue weighted by Crippen LogP contribution is -2.36. The summed E-state index contributed by atoms with van der Waals surface area (Å²) < 4.78 is 17.4. The van der Waals surface area contributed by atoms with Gasteiger partial charge in [0.15, 0.2) is 0 Å². The van der Waals surface area contributed by atoms with Crippen LogP contribution in [0.25, 0.3) is 11.1 Å². The highest BCUT2D eigenvalue weighted by Gasteiger charge is 2.41. The van der Waals surface area contributed by atoms with E-state index in [4.69, 9.17) is 14.2 Å². The van der Waals surface area contributed by atoms with Gasteiger partial charge in [0, 0.05) is 28.8 Å². The van der Waals surface area contributed by atoms with Gasteiger partial charge in [-0.15, -0.1) is 0 Å². The molecule has 0 bridgehead atoms. The third-order valence-corrected chi connectivity index (χ3v) is 5.82. The molecule has 0 amide bonds. The molecule has 1 fully saturated rings. The molecule has 4 rings (SSSR count). The number of hydrogen-bond donors (Lipinski definition) is 1. The van der Waals surface area contributed by atoms with Crippen molar-refractivity contribution in [2.45, 2.75) is 45.3 Å². The van der Waals surface area contributed by atoms with E-state index in [0.29, 0.717) is 41.2 Å². The number of carbonyl (C=O) groups is 1. The van der Waals surface area contributed by atoms with Crippen LogP contribution in [0.1, 0.15) is 49.0 Å². The predicted octanol–water partition coefficient (Wildman–Crippen LogP) is 4.12. The van der Waals surface area contributed by atoms with Gasteiger partial charge in [-0.25, -0.2) is 0 Å². The number of carbonyl (C=O) groups excluding carboxylic acids is 1. The fourth-order valence-corrected chi connectivity index (χ4v) is 4.36. The third kappa shape index (κ3) is 3.61. The van der Waals surface area contributed by atoms with Crippen molar-refractivity contribution < 1.29 is 23.9 Å². The van der Waals surface area contributed by atoms with E-state index in [2.05, 4.69) is 5.32 Å². The molecule has 1 aliphatic heterocycles. The van der Waals surface area contributed by atoms with Gasteiger partial charge in [0.2, 0.25) is 11.5 Å². The highest BCUT2D eigenvalue weighted by Crippen LogP contribution is 2.53. The Labute approximate surface area is 180 Å². The topological polar surface area (TPSA) is 99.9 Å². The van der Waals surface area contributed by atoms with Crippen LogP contribution in [0.15, 0.2) is 24.3 Å². The first-order valence-corrected chi connectivity index (χ1v) is 10.6. The van der Waals surface area contributed by atoms with Crippen molar-refractivity contribution in [2.75, 3.05) is 20.3 Å². The van der Waals surface area contributed by atoms with Gasteiger partial charge in [-0.05, 0) is 38.8 Å². The number of nitrogens with one attached hydrogen (secondary N) is 1. The summed E-state index contributed by atoms with van der Waals surface area (Å²) in [6.45, 7) is 5.14. The van der Waals surface area contributed by atoms with Crippen LogP contribution in [0, 0.1) is 10.1 Å². The number of nitro benzene ring substituents is 1. The van der Waals surface area contributed by atoms with Gasteiger partial charge in [-0.3, -0.25) is 14.9 Å². The van der Waals surface area contributed by atoms with Crippen molar-refractivity contribution in [3.05, 3.63) is 45.5 Å². The number of hydrogen-bond acceptors (Lipinski definition) is 7. The van der Waals surface area contributed by atoms with Gasteiger partial charge < -0.3 is 19.5 Å². The maximum Gasteiger partial charge on any atom is 0.322 e. The Morgan fingerprint density at radius 1 is 1.23 bits per heavy atom. The van der Waals surface area contributed by atoms with Crippen LogP contribution in [0.2, 0.25) is 0 Å². The third-order valence-electron chi connectivity index (χ3n) is 5.82. The largest absolute Gasteiger partial charge is 0.496 e. The van der Waals surface area contributed by atoms with Gasteiger partial charge in [-0.2, -0.15) is 0 Å². The zero-order chi connectivity index (χ0) is 22.1. The molecule has 0 radical (unpaired) electrons. The summed E-state index contributed by atoms with van der Waals surface area (Å²) >= 11 is 0. The lowest BCUT2D eigenvalue weighted by molar-refractivity contribution is -0.386. The van der Waals surface area contributed by atoms with E-state index in [1.807, 2.05) is 13.8 Å². The molecule has 1 heterocycles. The minimum Gasteiger partial charge on any atom is -0.496 e. The van der Waals surface area contributed by atoms with Gasteiger partial charge in [-0.1, -0.05) is 19.1 Å². The maximum atomic E-state index is 13.3. The minimum atomic E-state index is -0.557. The first-order chi connectivity index (χ1) is 15.0. The predicted molar refractivity (Wildman–Crippen MR) is 115 cm³/mol. The summed E-state index contributed by atoms with van der Waals surface area (Å²) in [6.07, 6.45) is 2.66. The second kappa shape index (κ2) is 8.55. The van der Waals surface area contributed by atoms with E-state index in [1.54, 1.807) is 18.2 Å². The Balaban J connectivity index is 1.87. The average Bonchev–Trinajstić information content (AvgIpc) is 3.39. The van der Waals surface area contributed by atoms with Crippen molar-refractivity contribution >= 4 is 11.5 Å². The molecule has 1 N–H and O–H groups in total. The zero-order valence-electron chi connectivity index (χ0n) is 17.9. The van der Waals surface area contributed by atoms with E-state index >= 15 is 0 Å². The van der Waals surface area contributed by atoms with Crippen LogP contribution < -0.4 is 19.5 Å². The Bertz CT molecular complexity index is 1030. The molecule has 164 valence electrons. The number of benzene rings is 2. The molecular formula is C23H26N2O6. The quantitative estimate of drug-likeness (QED) is 0.427. The normalized spacial score (nSPS) is 17.8. The van der Waals surface area contributed by atoms with E-state index in [0.717, 1.165) is 19.4 Å². The highest BCUT2D eigenvalue weighted by molar-refractivity contribution is 6.26. The Morgan fingerprint density at radius 3 is 2.68 bits per heavy atom. The number of nitrogens with zero attached hydrogens (tertiary/aromatic N) is 1. The van der Waals surface area contributed by atoms with E-state index in [9.17, 15) is 14.9 Å². The van der Waals surface area contributed by atoms with Crippen LogP contribution in [0.5, 0.6) is 17.2 Å². The molecule has 2 aliphatic rings. The van der Waals surface area contributed by atoms with Crippen LogP contribution in [0.3, 0.4) is 0 Å². The van der Waals surface area contributed by atoms with Crippen LogP contribution in [-0.4, -0.2) is 43.1 Å². The Morgan fingerprint density at radius 2 is 2.03 bits per heavy atom. The van der Waals surface area contributed by atoms with Crippen molar-refractivity contribution in [2.24, 2.45) is 0 Å². The number of ether oxygens (including phenoxy) is 3. The summed E-state index contributed by atoms with van der Waals surface area (Å²) in [5, 5.41) is 15.4. The summed E-state index contributed by atoms with van der Waals surface area (Å²) in [4.78, 5) is 24.7. The van der Waals surface area contributed by atoms with Crippen LogP contribution >= 0.6 is 0 Å². The maximum absolute atomic E-state index is 13.3. The standard InChI is InChI=1S/C23H26N2O6/c1-4-11-30-18-12-17(29-3)20-19-14(23(26)21(20)22(18)25(27)28)7-5-9-16(19)31-13(2)15-8-6-10-24-15/h5,7,9,12-13,15,24H,4,6,8,10-11H2,1-3H3. The van der Waals surface area contributed by atoms with Crippen molar-refractivity contribution in [3.63, 3.8) is 0 Å². The molecule has 2 atom stereocenters. The highest BCUT2D eigenvalue weighted by atomic mass is 16.6.